The Morgan fingerprint density at radius 1 is 1.55 bits per heavy atom. The number of amides is 1. The fraction of sp³-hybridized carbons (Fsp3) is 0.571. The van der Waals surface area contributed by atoms with Crippen molar-refractivity contribution >= 4 is 11.9 Å². The summed E-state index contributed by atoms with van der Waals surface area (Å²) >= 11 is 0. The van der Waals surface area contributed by atoms with E-state index in [1.165, 1.54) is 0 Å². The van der Waals surface area contributed by atoms with E-state index in [4.69, 9.17) is 9.47 Å². The summed E-state index contributed by atoms with van der Waals surface area (Å²) in [5.74, 6) is 1.21. The van der Waals surface area contributed by atoms with Gasteiger partial charge in [0.2, 0.25) is 0 Å². The lowest BCUT2D eigenvalue weighted by atomic mass is 10.1. The van der Waals surface area contributed by atoms with Gasteiger partial charge in [-0.25, -0.2) is 9.78 Å². The van der Waals surface area contributed by atoms with Gasteiger partial charge in [0, 0.05) is 18.8 Å². The number of ether oxygens (including phenoxy) is 2. The maximum absolute atomic E-state index is 11.9. The summed E-state index contributed by atoms with van der Waals surface area (Å²) in [5, 5.41) is 6.00. The van der Waals surface area contributed by atoms with E-state index in [1.807, 2.05) is 27.7 Å². The van der Waals surface area contributed by atoms with Gasteiger partial charge >= 0.3 is 6.09 Å². The summed E-state index contributed by atoms with van der Waals surface area (Å²) in [7, 11) is 0. The first kappa shape index (κ1) is 14.6. The average molecular weight is 279 g/mol. The zero-order valence-electron chi connectivity index (χ0n) is 12.3. The second kappa shape index (κ2) is 5.66. The Bertz CT molecular complexity index is 497. The van der Waals surface area contributed by atoms with Crippen LogP contribution in [-0.4, -0.2) is 29.8 Å². The second-order valence-corrected chi connectivity index (χ2v) is 5.72. The zero-order valence-corrected chi connectivity index (χ0v) is 12.3. The largest absolute Gasteiger partial charge is 0.492 e. The number of hydrogen-bond donors (Lipinski definition) is 2. The van der Waals surface area contributed by atoms with E-state index < -0.39 is 11.7 Å². The molecule has 0 bridgehead atoms. The number of hydrogen-bond acceptors (Lipinski definition) is 5. The topological polar surface area (TPSA) is 72.5 Å². The van der Waals surface area contributed by atoms with Gasteiger partial charge in [0.25, 0.3) is 0 Å². The van der Waals surface area contributed by atoms with Crippen molar-refractivity contribution in [1.82, 2.24) is 10.3 Å². The molecule has 1 aromatic heterocycles. The van der Waals surface area contributed by atoms with Crippen molar-refractivity contribution in [2.75, 3.05) is 18.5 Å². The van der Waals surface area contributed by atoms with Gasteiger partial charge in [-0.05, 0) is 33.8 Å². The highest BCUT2D eigenvalue weighted by atomic mass is 16.6. The van der Waals surface area contributed by atoms with E-state index in [-0.39, 0.29) is 6.04 Å². The first-order valence-electron chi connectivity index (χ1n) is 6.72. The Balaban J connectivity index is 2.22. The monoisotopic (exact) mass is 279 g/mol. The van der Waals surface area contributed by atoms with E-state index in [0.717, 1.165) is 17.9 Å². The summed E-state index contributed by atoms with van der Waals surface area (Å²) in [6.45, 7) is 8.81. The van der Waals surface area contributed by atoms with Crippen LogP contribution < -0.4 is 15.4 Å². The molecule has 1 amide bonds. The summed E-state index contributed by atoms with van der Waals surface area (Å²) in [5.41, 5.74) is 0.298. The van der Waals surface area contributed by atoms with Crippen LogP contribution in [0.25, 0.3) is 0 Å². The molecule has 0 aromatic carbocycles. The van der Waals surface area contributed by atoms with Gasteiger partial charge in [-0.15, -0.1) is 0 Å². The van der Waals surface area contributed by atoms with Crippen molar-refractivity contribution in [3.63, 3.8) is 0 Å². The lowest BCUT2D eigenvalue weighted by molar-refractivity contribution is 0.0635. The molecular weight excluding hydrogens is 258 g/mol. The summed E-state index contributed by atoms with van der Waals surface area (Å²) in [6.07, 6.45) is 1.10. The van der Waals surface area contributed by atoms with Gasteiger partial charge in [0.1, 0.15) is 23.8 Å². The third kappa shape index (κ3) is 3.60. The van der Waals surface area contributed by atoms with Crippen molar-refractivity contribution in [2.24, 2.45) is 0 Å². The fourth-order valence-corrected chi connectivity index (χ4v) is 2.04. The molecule has 0 saturated heterocycles. The number of aromatic nitrogens is 1. The van der Waals surface area contributed by atoms with Crippen LogP contribution >= 0.6 is 0 Å². The maximum Gasteiger partial charge on any atom is 0.413 e. The molecule has 2 N–H and O–H groups in total. The Hall–Kier alpha value is -1.82. The van der Waals surface area contributed by atoms with Crippen LogP contribution in [0.1, 0.15) is 39.3 Å². The van der Waals surface area contributed by atoms with Gasteiger partial charge in [-0.1, -0.05) is 0 Å². The van der Waals surface area contributed by atoms with Gasteiger partial charge in [-0.3, -0.25) is 5.32 Å². The highest BCUT2D eigenvalue weighted by Gasteiger charge is 2.23. The first-order valence-corrected chi connectivity index (χ1v) is 6.72. The molecule has 2 heterocycles. The Morgan fingerprint density at radius 2 is 2.30 bits per heavy atom. The molecule has 1 aliphatic heterocycles. The minimum atomic E-state index is -0.545. The predicted molar refractivity (Wildman–Crippen MR) is 76.0 cm³/mol. The van der Waals surface area contributed by atoms with Gasteiger partial charge in [-0.2, -0.15) is 0 Å². The summed E-state index contributed by atoms with van der Waals surface area (Å²) in [4.78, 5) is 16.1. The number of fused-ring (bicyclic) bond motifs is 1. The highest BCUT2D eigenvalue weighted by Crippen LogP contribution is 2.32. The number of rotatable bonds is 1. The molecule has 1 aliphatic rings. The van der Waals surface area contributed by atoms with E-state index in [2.05, 4.69) is 15.6 Å². The molecule has 6 heteroatoms. The van der Waals surface area contributed by atoms with Crippen molar-refractivity contribution in [1.29, 1.82) is 0 Å². The number of anilines is 1. The molecule has 2 rings (SSSR count). The standard InChI is InChI=1S/C14H21N3O3/c1-9-11-10(19-8-7-15-9)5-6-16-12(11)17-13(18)20-14(2,3)4/h5-6,9,15H,7-8H2,1-4H3,(H,16,17,18). The van der Waals surface area contributed by atoms with Crippen molar-refractivity contribution in [3.05, 3.63) is 17.8 Å². The molecule has 0 spiro atoms. The highest BCUT2D eigenvalue weighted by molar-refractivity contribution is 5.85. The fourth-order valence-electron chi connectivity index (χ4n) is 2.04. The van der Waals surface area contributed by atoms with E-state index in [9.17, 15) is 4.79 Å². The van der Waals surface area contributed by atoms with E-state index in [0.29, 0.717) is 12.4 Å². The molecule has 1 aromatic rings. The Labute approximate surface area is 118 Å². The van der Waals surface area contributed by atoms with Gasteiger partial charge < -0.3 is 14.8 Å². The molecule has 6 nitrogen and oxygen atoms in total. The van der Waals surface area contributed by atoms with Crippen molar-refractivity contribution < 1.29 is 14.3 Å². The minimum absolute atomic E-state index is 0.0473. The second-order valence-electron chi connectivity index (χ2n) is 5.72. The third-order valence-corrected chi connectivity index (χ3v) is 2.81. The molecule has 0 radical (unpaired) electrons. The molecular formula is C14H21N3O3. The average Bonchev–Trinajstić information content (AvgIpc) is 2.49. The van der Waals surface area contributed by atoms with Gasteiger partial charge in [0.05, 0.1) is 5.56 Å². The summed E-state index contributed by atoms with van der Waals surface area (Å²) < 4.78 is 10.9. The van der Waals surface area contributed by atoms with E-state index >= 15 is 0 Å². The smallest absolute Gasteiger partial charge is 0.413 e. The SMILES string of the molecule is CC1NCCOc2ccnc(NC(=O)OC(C)(C)C)c21. The summed E-state index contributed by atoms with van der Waals surface area (Å²) in [6, 6.07) is 1.85. The van der Waals surface area contributed by atoms with Crippen molar-refractivity contribution in [2.45, 2.75) is 39.3 Å². The maximum atomic E-state index is 11.9. The number of carbonyl (C=O) groups is 1. The first-order chi connectivity index (χ1) is 9.37. The molecule has 0 saturated carbocycles. The Morgan fingerprint density at radius 3 is 3.00 bits per heavy atom. The number of nitrogens with zero attached hydrogens (tertiary/aromatic N) is 1. The van der Waals surface area contributed by atoms with Gasteiger partial charge in [0.15, 0.2) is 0 Å². The number of carbonyl (C=O) groups excluding carboxylic acids is 1. The lowest BCUT2D eigenvalue weighted by Gasteiger charge is -2.21. The van der Waals surface area contributed by atoms with Crippen LogP contribution in [0.15, 0.2) is 12.3 Å². The zero-order chi connectivity index (χ0) is 14.8. The van der Waals surface area contributed by atoms with E-state index in [1.54, 1.807) is 12.3 Å². The normalized spacial score (nSPS) is 18.5. The molecule has 0 fully saturated rings. The molecule has 20 heavy (non-hydrogen) atoms. The predicted octanol–water partition coefficient (Wildman–Crippen LogP) is 2.47. The Kier molecular flexibility index (Phi) is 4.13. The number of nitrogens with one attached hydrogen (secondary N) is 2. The quantitative estimate of drug-likeness (QED) is 0.826. The molecule has 0 aliphatic carbocycles. The lowest BCUT2D eigenvalue weighted by Crippen LogP contribution is -2.28. The van der Waals surface area contributed by atoms with Crippen LogP contribution in [0.3, 0.4) is 0 Å². The third-order valence-electron chi connectivity index (χ3n) is 2.81. The number of pyridine rings is 1. The molecule has 110 valence electrons. The van der Waals surface area contributed by atoms with Crippen LogP contribution in [0, 0.1) is 0 Å². The van der Waals surface area contributed by atoms with Crippen molar-refractivity contribution in [3.8, 4) is 5.75 Å². The van der Waals surface area contributed by atoms with Crippen LogP contribution in [-0.2, 0) is 4.74 Å². The molecule has 1 atom stereocenters. The minimum Gasteiger partial charge on any atom is -0.492 e. The van der Waals surface area contributed by atoms with Crippen LogP contribution in [0.5, 0.6) is 5.75 Å². The van der Waals surface area contributed by atoms with Crippen LogP contribution in [0.2, 0.25) is 0 Å². The van der Waals surface area contributed by atoms with Crippen LogP contribution in [0.4, 0.5) is 10.6 Å². The molecule has 1 unspecified atom stereocenters.